The number of nitrogens with one attached hydrogen (secondary N) is 1. The van der Waals surface area contributed by atoms with Gasteiger partial charge < -0.3 is 19.9 Å². The minimum Gasteiger partial charge on any atom is -0.394 e. The molecule has 0 amide bonds. The molecule has 0 atom stereocenters. The number of thioether (sulfide) groups is 1. The highest BCUT2D eigenvalue weighted by Crippen LogP contribution is 2.32. The van der Waals surface area contributed by atoms with E-state index in [1.165, 1.54) is 11.3 Å². The Morgan fingerprint density at radius 1 is 1.11 bits per heavy atom. The van der Waals surface area contributed by atoms with Crippen LogP contribution in [0.15, 0.2) is 35.2 Å². The number of anilines is 1. The number of fused-ring (bicyclic) bond motifs is 1. The standard InChI is InChI=1S/C19H22FN3O3S2/c1-21-15-4-5-16(22-18(15)20)19-23-14-3-2-13(12-17(14)28-19)27-11-10-26-9-8-25-7-6-24/h2-5,12,21,24H,6-11H2,1H3. The topological polar surface area (TPSA) is 76.5 Å². The van der Waals surface area contributed by atoms with Gasteiger partial charge in [0.1, 0.15) is 10.7 Å². The number of aromatic nitrogens is 2. The molecule has 0 radical (unpaired) electrons. The van der Waals surface area contributed by atoms with Crippen molar-refractivity contribution in [1.29, 1.82) is 0 Å². The normalized spacial score (nSPS) is 11.2. The van der Waals surface area contributed by atoms with Gasteiger partial charge >= 0.3 is 0 Å². The smallest absolute Gasteiger partial charge is 0.236 e. The average Bonchev–Trinajstić information content (AvgIpc) is 3.13. The second-order valence-electron chi connectivity index (χ2n) is 5.73. The van der Waals surface area contributed by atoms with Crippen molar-refractivity contribution in [3.8, 4) is 10.7 Å². The monoisotopic (exact) mass is 423 g/mol. The van der Waals surface area contributed by atoms with E-state index in [0.29, 0.717) is 42.8 Å². The highest BCUT2D eigenvalue weighted by Gasteiger charge is 2.11. The van der Waals surface area contributed by atoms with Gasteiger partial charge in [-0.2, -0.15) is 4.39 Å². The van der Waals surface area contributed by atoms with Crippen LogP contribution in [0.25, 0.3) is 20.9 Å². The first kappa shape index (κ1) is 20.9. The molecule has 0 saturated heterocycles. The number of halogens is 1. The molecule has 1 aromatic carbocycles. The summed E-state index contributed by atoms with van der Waals surface area (Å²) in [6.45, 7) is 2.01. The van der Waals surface area contributed by atoms with E-state index < -0.39 is 5.95 Å². The van der Waals surface area contributed by atoms with Crippen LogP contribution in [0.4, 0.5) is 10.1 Å². The Labute approximate surface area is 171 Å². The summed E-state index contributed by atoms with van der Waals surface area (Å²) in [6, 6.07) is 9.52. The van der Waals surface area contributed by atoms with Crippen molar-refractivity contribution in [2.45, 2.75) is 4.90 Å². The summed E-state index contributed by atoms with van der Waals surface area (Å²) in [5.74, 6) is 0.298. The van der Waals surface area contributed by atoms with E-state index >= 15 is 0 Å². The first-order chi connectivity index (χ1) is 13.7. The van der Waals surface area contributed by atoms with E-state index in [0.717, 1.165) is 20.9 Å². The second-order valence-corrected chi connectivity index (χ2v) is 7.93. The number of pyridine rings is 1. The zero-order valence-corrected chi connectivity index (χ0v) is 17.1. The zero-order valence-electron chi connectivity index (χ0n) is 15.5. The van der Waals surface area contributed by atoms with Crippen molar-refractivity contribution in [2.24, 2.45) is 0 Å². The number of benzene rings is 1. The van der Waals surface area contributed by atoms with E-state index in [1.807, 2.05) is 12.1 Å². The van der Waals surface area contributed by atoms with Crippen LogP contribution in [0.5, 0.6) is 0 Å². The highest BCUT2D eigenvalue weighted by molar-refractivity contribution is 7.99. The minimum atomic E-state index is -0.530. The van der Waals surface area contributed by atoms with Crippen LogP contribution in [0, 0.1) is 5.95 Å². The number of rotatable bonds is 11. The molecule has 150 valence electrons. The van der Waals surface area contributed by atoms with Crippen molar-refractivity contribution in [3.05, 3.63) is 36.3 Å². The molecule has 2 N–H and O–H groups in total. The summed E-state index contributed by atoms with van der Waals surface area (Å²) < 4.78 is 25.6. The lowest BCUT2D eigenvalue weighted by molar-refractivity contribution is 0.0377. The molecule has 2 aromatic heterocycles. The molecule has 0 aliphatic rings. The van der Waals surface area contributed by atoms with Gasteiger partial charge in [0, 0.05) is 17.7 Å². The third-order valence-electron chi connectivity index (χ3n) is 3.80. The Kier molecular flexibility index (Phi) is 7.99. The fraction of sp³-hybridized carbons (Fsp3) is 0.368. The summed E-state index contributed by atoms with van der Waals surface area (Å²) in [6.07, 6.45) is 0. The molecule has 2 heterocycles. The van der Waals surface area contributed by atoms with Gasteiger partial charge in [0.05, 0.1) is 48.9 Å². The first-order valence-corrected chi connectivity index (χ1v) is 10.7. The van der Waals surface area contributed by atoms with Crippen LogP contribution < -0.4 is 5.32 Å². The van der Waals surface area contributed by atoms with Crippen molar-refractivity contribution < 1.29 is 19.0 Å². The Morgan fingerprint density at radius 3 is 2.68 bits per heavy atom. The van der Waals surface area contributed by atoms with Crippen LogP contribution in [0.3, 0.4) is 0 Å². The average molecular weight is 424 g/mol. The number of hydrogen-bond donors (Lipinski definition) is 2. The largest absolute Gasteiger partial charge is 0.394 e. The van der Waals surface area contributed by atoms with E-state index in [2.05, 4.69) is 21.4 Å². The van der Waals surface area contributed by atoms with Crippen molar-refractivity contribution in [3.63, 3.8) is 0 Å². The number of ether oxygens (including phenoxy) is 2. The number of hydrogen-bond acceptors (Lipinski definition) is 8. The van der Waals surface area contributed by atoms with Gasteiger partial charge in [0.25, 0.3) is 0 Å². The Hall–Kier alpha value is -1.78. The Morgan fingerprint density at radius 2 is 1.93 bits per heavy atom. The SMILES string of the molecule is CNc1ccc(-c2nc3ccc(SCCOCCOCCO)cc3s2)nc1F. The van der Waals surface area contributed by atoms with Crippen LogP contribution in [-0.2, 0) is 9.47 Å². The molecular formula is C19H22FN3O3S2. The summed E-state index contributed by atoms with van der Waals surface area (Å²) in [5.41, 5.74) is 1.77. The second kappa shape index (κ2) is 10.7. The van der Waals surface area contributed by atoms with E-state index in [-0.39, 0.29) is 6.61 Å². The van der Waals surface area contributed by atoms with Crippen LogP contribution in [0.2, 0.25) is 0 Å². The molecule has 0 spiro atoms. The van der Waals surface area contributed by atoms with Crippen molar-refractivity contribution in [1.82, 2.24) is 9.97 Å². The molecule has 0 saturated carbocycles. The van der Waals surface area contributed by atoms with Gasteiger partial charge in [-0.15, -0.1) is 23.1 Å². The van der Waals surface area contributed by atoms with Crippen LogP contribution in [-0.4, -0.2) is 60.9 Å². The number of nitrogens with zero attached hydrogens (tertiary/aromatic N) is 2. The molecule has 0 bridgehead atoms. The molecule has 0 aliphatic heterocycles. The first-order valence-electron chi connectivity index (χ1n) is 8.85. The Bertz CT molecular complexity index is 907. The summed E-state index contributed by atoms with van der Waals surface area (Å²) in [7, 11) is 1.66. The third kappa shape index (κ3) is 5.62. The van der Waals surface area contributed by atoms with Crippen LogP contribution >= 0.6 is 23.1 Å². The quantitative estimate of drug-likeness (QED) is 0.277. The molecule has 6 nitrogen and oxygen atoms in total. The van der Waals surface area contributed by atoms with Crippen molar-refractivity contribution in [2.75, 3.05) is 51.2 Å². The maximum atomic E-state index is 13.9. The van der Waals surface area contributed by atoms with Gasteiger partial charge in [-0.25, -0.2) is 9.97 Å². The molecule has 3 aromatic rings. The molecule has 9 heteroatoms. The van der Waals surface area contributed by atoms with Crippen molar-refractivity contribution >= 4 is 39.0 Å². The number of aliphatic hydroxyl groups excluding tert-OH is 1. The third-order valence-corrected chi connectivity index (χ3v) is 5.80. The van der Waals surface area contributed by atoms with E-state index in [1.54, 1.807) is 30.9 Å². The molecule has 28 heavy (non-hydrogen) atoms. The fourth-order valence-electron chi connectivity index (χ4n) is 2.45. The van der Waals surface area contributed by atoms with Crippen LogP contribution in [0.1, 0.15) is 0 Å². The predicted octanol–water partition coefficient (Wildman–Crippen LogP) is 3.66. The van der Waals surface area contributed by atoms with Gasteiger partial charge in [-0.05, 0) is 30.3 Å². The summed E-state index contributed by atoms with van der Waals surface area (Å²) >= 11 is 3.20. The maximum Gasteiger partial charge on any atom is 0.236 e. The van der Waals surface area contributed by atoms with Gasteiger partial charge in [-0.1, -0.05) is 0 Å². The lowest BCUT2D eigenvalue weighted by atomic mass is 10.3. The van der Waals surface area contributed by atoms with E-state index in [9.17, 15) is 4.39 Å². The molecule has 0 aliphatic carbocycles. The molecule has 0 fully saturated rings. The van der Waals surface area contributed by atoms with Gasteiger partial charge in [0.15, 0.2) is 0 Å². The Balaban J connectivity index is 1.56. The predicted molar refractivity (Wildman–Crippen MR) is 112 cm³/mol. The highest BCUT2D eigenvalue weighted by atomic mass is 32.2. The van der Waals surface area contributed by atoms with Gasteiger partial charge in [-0.3, -0.25) is 0 Å². The lowest BCUT2D eigenvalue weighted by Crippen LogP contribution is -2.08. The minimum absolute atomic E-state index is 0.0316. The van der Waals surface area contributed by atoms with Gasteiger partial charge in [0.2, 0.25) is 5.95 Å². The lowest BCUT2D eigenvalue weighted by Gasteiger charge is -2.05. The summed E-state index contributed by atoms with van der Waals surface area (Å²) in [4.78, 5) is 9.70. The fourth-order valence-corrected chi connectivity index (χ4v) is 4.30. The number of thiazole rings is 1. The molecule has 0 unspecified atom stereocenters. The maximum absolute atomic E-state index is 13.9. The molecule has 3 rings (SSSR count). The van der Waals surface area contributed by atoms with E-state index in [4.69, 9.17) is 14.6 Å². The number of aliphatic hydroxyl groups is 1. The zero-order chi connectivity index (χ0) is 19.8. The summed E-state index contributed by atoms with van der Waals surface area (Å²) in [5, 5.41) is 12.1. The molecular weight excluding hydrogens is 401 g/mol.